The molecule has 1 aromatic rings. The smallest absolute Gasteiger partial charge is 0.325 e. The number of ether oxygens (including phenoxy) is 1. The quantitative estimate of drug-likeness (QED) is 0.581. The van der Waals surface area contributed by atoms with Crippen molar-refractivity contribution in [2.75, 3.05) is 26.7 Å². The van der Waals surface area contributed by atoms with E-state index in [1.54, 1.807) is 25.1 Å². The number of thiol groups is 1. The van der Waals surface area contributed by atoms with Gasteiger partial charge in [-0.25, -0.2) is 8.42 Å². The van der Waals surface area contributed by atoms with Crippen LogP contribution in [0.15, 0.2) is 35.2 Å². The number of carbonyl (C=O) groups is 1. The highest BCUT2D eigenvalue weighted by atomic mass is 32.2. The first kappa shape index (κ1) is 19.2. The van der Waals surface area contributed by atoms with Crippen LogP contribution < -0.4 is 4.72 Å². The number of piperidine rings is 1. The predicted molar refractivity (Wildman–Crippen MR) is 95.6 cm³/mol. The Labute approximate surface area is 149 Å². The number of benzene rings is 1. The Bertz CT molecular complexity index is 656. The van der Waals surface area contributed by atoms with Crippen LogP contribution in [-0.2, 0) is 19.6 Å². The van der Waals surface area contributed by atoms with Gasteiger partial charge in [0.05, 0.1) is 11.5 Å². The second-order valence-electron chi connectivity index (χ2n) is 6.03. The van der Waals surface area contributed by atoms with Gasteiger partial charge in [0.1, 0.15) is 6.04 Å². The number of esters is 1. The lowest BCUT2D eigenvalue weighted by atomic mass is 9.89. The molecule has 1 saturated heterocycles. The molecule has 2 rings (SSSR count). The van der Waals surface area contributed by atoms with Crippen molar-refractivity contribution in [2.24, 2.45) is 0 Å². The summed E-state index contributed by atoms with van der Waals surface area (Å²) < 4.78 is 32.1. The maximum absolute atomic E-state index is 12.6. The van der Waals surface area contributed by atoms with Crippen molar-refractivity contribution in [3.63, 3.8) is 0 Å². The third-order valence-corrected chi connectivity index (χ3v) is 6.38. The molecule has 0 bridgehead atoms. The summed E-state index contributed by atoms with van der Waals surface area (Å²) in [6.07, 6.45) is 1.18. The molecule has 0 unspecified atom stereocenters. The number of sulfonamides is 1. The molecule has 1 aliphatic rings. The van der Waals surface area contributed by atoms with Crippen molar-refractivity contribution in [1.82, 2.24) is 9.62 Å². The van der Waals surface area contributed by atoms with Gasteiger partial charge in [0.25, 0.3) is 0 Å². The Kier molecular flexibility index (Phi) is 6.30. The molecule has 0 aliphatic carbocycles. The summed E-state index contributed by atoms with van der Waals surface area (Å²) in [5.74, 6) is -0.587. The van der Waals surface area contributed by atoms with E-state index in [1.807, 2.05) is 7.05 Å². The lowest BCUT2D eigenvalue weighted by Crippen LogP contribution is -2.58. The van der Waals surface area contributed by atoms with E-state index >= 15 is 0 Å². The number of hydrogen-bond donors (Lipinski definition) is 2. The summed E-state index contributed by atoms with van der Waals surface area (Å²) in [4.78, 5) is 14.7. The molecule has 134 valence electrons. The fourth-order valence-corrected chi connectivity index (χ4v) is 4.46. The summed E-state index contributed by atoms with van der Waals surface area (Å²) in [5, 5.41) is 0. The summed E-state index contributed by atoms with van der Waals surface area (Å²) in [5.41, 5.74) is 0. The number of hydrogen-bond acceptors (Lipinski definition) is 6. The van der Waals surface area contributed by atoms with E-state index < -0.39 is 26.8 Å². The Morgan fingerprint density at radius 1 is 1.33 bits per heavy atom. The molecular weight excluding hydrogens is 348 g/mol. The van der Waals surface area contributed by atoms with E-state index in [0.29, 0.717) is 12.8 Å². The van der Waals surface area contributed by atoms with Gasteiger partial charge >= 0.3 is 5.97 Å². The molecule has 6 nitrogen and oxygen atoms in total. The molecule has 0 aromatic heterocycles. The average Bonchev–Trinajstić information content (AvgIpc) is 2.56. The Hall–Kier alpha value is -1.09. The van der Waals surface area contributed by atoms with Crippen molar-refractivity contribution in [3.05, 3.63) is 30.3 Å². The van der Waals surface area contributed by atoms with Crippen molar-refractivity contribution in [2.45, 2.75) is 35.4 Å². The van der Waals surface area contributed by atoms with E-state index in [1.165, 1.54) is 12.1 Å². The molecule has 24 heavy (non-hydrogen) atoms. The van der Waals surface area contributed by atoms with E-state index in [0.717, 1.165) is 13.1 Å². The Balaban J connectivity index is 2.28. The van der Waals surface area contributed by atoms with Gasteiger partial charge in [-0.2, -0.15) is 17.4 Å². The topological polar surface area (TPSA) is 75.7 Å². The van der Waals surface area contributed by atoms with Gasteiger partial charge in [0, 0.05) is 4.75 Å². The van der Waals surface area contributed by atoms with E-state index in [4.69, 9.17) is 4.74 Å². The molecule has 1 atom stereocenters. The average molecular weight is 373 g/mol. The normalized spacial score (nSPS) is 19.6. The molecule has 1 N–H and O–H groups in total. The molecular formula is C16H24N2O4S2. The second-order valence-corrected chi connectivity index (χ2v) is 8.63. The molecule has 1 aliphatic heterocycles. The molecule has 0 spiro atoms. The highest BCUT2D eigenvalue weighted by Gasteiger charge is 2.45. The zero-order valence-electron chi connectivity index (χ0n) is 13.9. The number of carbonyl (C=O) groups excluding carboxylic acids is 1. The number of rotatable bonds is 6. The van der Waals surface area contributed by atoms with E-state index in [2.05, 4.69) is 22.3 Å². The fraction of sp³-hybridized carbons (Fsp3) is 0.562. The fourth-order valence-electron chi connectivity index (χ4n) is 2.72. The first-order valence-electron chi connectivity index (χ1n) is 7.93. The van der Waals surface area contributed by atoms with Crippen molar-refractivity contribution >= 4 is 28.6 Å². The van der Waals surface area contributed by atoms with E-state index in [9.17, 15) is 13.2 Å². The summed E-state index contributed by atoms with van der Waals surface area (Å²) in [7, 11) is -1.85. The highest BCUT2D eigenvalue weighted by Crippen LogP contribution is 2.33. The molecule has 0 saturated carbocycles. The zero-order chi connectivity index (χ0) is 17.8. The van der Waals surface area contributed by atoms with Crippen LogP contribution in [0.1, 0.15) is 19.8 Å². The van der Waals surface area contributed by atoms with Gasteiger partial charge < -0.3 is 9.64 Å². The van der Waals surface area contributed by atoms with Crippen LogP contribution in [-0.4, -0.2) is 56.8 Å². The van der Waals surface area contributed by atoms with Crippen molar-refractivity contribution in [3.8, 4) is 0 Å². The minimum atomic E-state index is -3.84. The van der Waals surface area contributed by atoms with Gasteiger partial charge in [-0.1, -0.05) is 18.2 Å². The molecule has 0 radical (unpaired) electrons. The molecule has 1 heterocycles. The standard InChI is InChI=1S/C16H24N2O4S2/c1-3-22-15(19)14(16(23)9-11-18(2)12-10-16)17-24(20,21)13-7-5-4-6-8-13/h4-8,14,17,23H,3,9-12H2,1-2H3/t14-/m1/s1. The zero-order valence-corrected chi connectivity index (χ0v) is 15.6. The van der Waals surface area contributed by atoms with Gasteiger partial charge in [-0.3, -0.25) is 4.79 Å². The molecule has 1 fully saturated rings. The molecule has 8 heteroatoms. The third kappa shape index (κ3) is 4.50. The van der Waals surface area contributed by atoms with Gasteiger partial charge in [0.2, 0.25) is 10.0 Å². The third-order valence-electron chi connectivity index (χ3n) is 4.24. The lowest BCUT2D eigenvalue weighted by Gasteiger charge is -2.41. The Morgan fingerprint density at radius 2 is 1.92 bits per heavy atom. The number of nitrogens with zero attached hydrogens (tertiary/aromatic N) is 1. The van der Waals surface area contributed by atoms with Gasteiger partial charge in [-0.05, 0) is 52.0 Å². The summed E-state index contributed by atoms with van der Waals surface area (Å²) >= 11 is 4.69. The summed E-state index contributed by atoms with van der Waals surface area (Å²) in [6.45, 7) is 3.37. The number of likely N-dealkylation sites (tertiary alicyclic amines) is 1. The van der Waals surface area contributed by atoms with Gasteiger partial charge in [0.15, 0.2) is 0 Å². The first-order chi connectivity index (χ1) is 11.3. The van der Waals surface area contributed by atoms with Crippen molar-refractivity contribution < 1.29 is 17.9 Å². The largest absolute Gasteiger partial charge is 0.465 e. The van der Waals surface area contributed by atoms with Gasteiger partial charge in [-0.15, -0.1) is 0 Å². The Morgan fingerprint density at radius 3 is 2.46 bits per heavy atom. The lowest BCUT2D eigenvalue weighted by molar-refractivity contribution is -0.146. The molecule has 0 amide bonds. The highest BCUT2D eigenvalue weighted by molar-refractivity contribution is 7.89. The summed E-state index contributed by atoms with van der Waals surface area (Å²) in [6, 6.07) is 6.97. The van der Waals surface area contributed by atoms with Crippen LogP contribution in [0.5, 0.6) is 0 Å². The van der Waals surface area contributed by atoms with Crippen LogP contribution in [0.4, 0.5) is 0 Å². The van der Waals surface area contributed by atoms with Crippen molar-refractivity contribution in [1.29, 1.82) is 0 Å². The monoisotopic (exact) mass is 372 g/mol. The van der Waals surface area contributed by atoms with Crippen LogP contribution in [0, 0.1) is 0 Å². The number of nitrogens with one attached hydrogen (secondary N) is 1. The van der Waals surface area contributed by atoms with Crippen LogP contribution >= 0.6 is 12.6 Å². The minimum absolute atomic E-state index is 0.115. The minimum Gasteiger partial charge on any atom is -0.465 e. The molecule has 1 aromatic carbocycles. The van der Waals surface area contributed by atoms with Crippen LogP contribution in [0.2, 0.25) is 0 Å². The van der Waals surface area contributed by atoms with Crippen LogP contribution in [0.3, 0.4) is 0 Å². The SMILES string of the molecule is CCOC(=O)[C@@H](NS(=O)(=O)c1ccccc1)C1(S)CCN(C)CC1. The van der Waals surface area contributed by atoms with Crippen LogP contribution in [0.25, 0.3) is 0 Å². The first-order valence-corrected chi connectivity index (χ1v) is 9.86. The predicted octanol–water partition coefficient (Wildman–Crippen LogP) is 1.29. The maximum atomic E-state index is 12.6. The van der Waals surface area contributed by atoms with E-state index in [-0.39, 0.29) is 11.5 Å². The second kappa shape index (κ2) is 7.86. The maximum Gasteiger partial charge on any atom is 0.325 e.